The number of hydrogen-bond acceptors (Lipinski definition) is 5. The average molecular weight is 423 g/mol. The zero-order valence-electron chi connectivity index (χ0n) is 18.3. The van der Waals surface area contributed by atoms with Crippen LogP contribution in [-0.2, 0) is 11.2 Å². The van der Waals surface area contributed by atoms with Crippen molar-refractivity contribution < 1.29 is 19.0 Å². The number of nitrogens with zero attached hydrogens (tertiary/aromatic N) is 2. The predicted molar refractivity (Wildman–Crippen MR) is 118 cm³/mol. The molecule has 1 amide bonds. The van der Waals surface area contributed by atoms with Crippen LogP contribution in [-0.4, -0.2) is 62.4 Å². The Hall–Kier alpha value is -2.73. The number of piperidine rings is 3. The minimum Gasteiger partial charge on any atom is -0.493 e. The minimum absolute atomic E-state index is 0.00164. The van der Waals surface area contributed by atoms with Gasteiger partial charge in [-0.15, -0.1) is 0 Å². The molecule has 3 saturated heterocycles. The number of ether oxygens (including phenoxy) is 3. The topological polar surface area (TPSA) is 51.2 Å². The summed E-state index contributed by atoms with van der Waals surface area (Å²) >= 11 is 0. The molecule has 6 rings (SSSR count). The number of amides is 1. The van der Waals surface area contributed by atoms with Crippen LogP contribution < -0.4 is 9.47 Å². The number of fused-ring (bicyclic) bond motifs is 4. The van der Waals surface area contributed by atoms with E-state index in [1.165, 1.54) is 5.56 Å². The molecule has 2 aromatic rings. The number of carbonyl (C=O) groups excluding carboxylic acids is 1. The van der Waals surface area contributed by atoms with Crippen LogP contribution in [0.4, 0.5) is 4.79 Å². The third-order valence-corrected chi connectivity index (χ3v) is 7.07. The maximum absolute atomic E-state index is 13.4. The Morgan fingerprint density at radius 2 is 1.68 bits per heavy atom. The van der Waals surface area contributed by atoms with Crippen molar-refractivity contribution in [3.63, 3.8) is 0 Å². The Bertz CT molecular complexity index is 940. The van der Waals surface area contributed by atoms with Gasteiger partial charge in [-0.3, -0.25) is 9.80 Å². The lowest BCUT2D eigenvalue weighted by Crippen LogP contribution is -2.53. The van der Waals surface area contributed by atoms with Gasteiger partial charge in [0, 0.05) is 13.1 Å². The summed E-state index contributed by atoms with van der Waals surface area (Å²) in [5.41, 5.74) is 3.32. The van der Waals surface area contributed by atoms with E-state index in [0.29, 0.717) is 18.2 Å². The van der Waals surface area contributed by atoms with Gasteiger partial charge in [0.1, 0.15) is 6.10 Å². The fourth-order valence-corrected chi connectivity index (χ4v) is 5.38. The van der Waals surface area contributed by atoms with Crippen LogP contribution in [0.15, 0.2) is 42.5 Å². The molecule has 0 saturated carbocycles. The van der Waals surface area contributed by atoms with Gasteiger partial charge in [0.25, 0.3) is 0 Å². The van der Waals surface area contributed by atoms with Crippen molar-refractivity contribution in [3.8, 4) is 11.5 Å². The van der Waals surface area contributed by atoms with Crippen molar-refractivity contribution in [1.82, 2.24) is 9.80 Å². The van der Waals surface area contributed by atoms with Gasteiger partial charge < -0.3 is 14.2 Å². The lowest BCUT2D eigenvalue weighted by molar-refractivity contribution is -0.0462. The standard InChI is InChI=1S/C25H30N2O4/c1-29-21-14-19-10-13-27(25(28)31-23-16-26-11-8-17(23)9-12-26)24(18-6-4-3-5-7-18)20(19)15-22(21)30-2/h3-7,14-15,17,23-24H,8-13,16H2,1-2H3/t23-,24-/m0/s1. The molecule has 164 valence electrons. The molecule has 3 fully saturated rings. The van der Waals surface area contributed by atoms with Gasteiger partial charge in [0.2, 0.25) is 0 Å². The van der Waals surface area contributed by atoms with E-state index in [2.05, 4.69) is 17.0 Å². The SMILES string of the molecule is COc1cc2c(cc1OC)[C@H](c1ccccc1)N(C(=O)O[C@H]1CN3CCC1CC3)CC2. The second-order valence-corrected chi connectivity index (χ2v) is 8.72. The Morgan fingerprint density at radius 1 is 0.968 bits per heavy atom. The minimum atomic E-state index is -0.215. The van der Waals surface area contributed by atoms with Crippen LogP contribution >= 0.6 is 0 Å². The molecule has 0 N–H and O–H groups in total. The monoisotopic (exact) mass is 422 g/mol. The Balaban J connectivity index is 1.48. The zero-order chi connectivity index (χ0) is 21.4. The number of carbonyl (C=O) groups is 1. The largest absolute Gasteiger partial charge is 0.493 e. The Morgan fingerprint density at radius 3 is 2.32 bits per heavy atom. The Kier molecular flexibility index (Phi) is 5.48. The molecule has 6 heteroatoms. The molecular formula is C25H30N2O4. The number of methoxy groups -OCH3 is 2. The van der Waals surface area contributed by atoms with Crippen molar-refractivity contribution in [2.45, 2.75) is 31.4 Å². The lowest BCUT2D eigenvalue weighted by Gasteiger charge is -2.45. The third-order valence-electron chi connectivity index (χ3n) is 7.07. The van der Waals surface area contributed by atoms with E-state index in [1.807, 2.05) is 35.2 Å². The first kappa shape index (κ1) is 20.2. The highest BCUT2D eigenvalue weighted by atomic mass is 16.6. The molecule has 2 aromatic carbocycles. The van der Waals surface area contributed by atoms with E-state index in [1.54, 1.807) is 14.2 Å². The lowest BCUT2D eigenvalue weighted by atomic mass is 9.86. The molecular weight excluding hydrogens is 392 g/mol. The number of hydrogen-bond donors (Lipinski definition) is 0. The first-order valence-electron chi connectivity index (χ1n) is 11.2. The summed E-state index contributed by atoms with van der Waals surface area (Å²) < 4.78 is 17.2. The highest BCUT2D eigenvalue weighted by Gasteiger charge is 2.40. The van der Waals surface area contributed by atoms with E-state index >= 15 is 0 Å². The van der Waals surface area contributed by atoms with Crippen molar-refractivity contribution in [3.05, 3.63) is 59.2 Å². The van der Waals surface area contributed by atoms with E-state index < -0.39 is 0 Å². The van der Waals surface area contributed by atoms with Gasteiger partial charge in [0.15, 0.2) is 11.5 Å². The molecule has 31 heavy (non-hydrogen) atoms. The van der Waals surface area contributed by atoms with Gasteiger partial charge in [-0.1, -0.05) is 30.3 Å². The summed E-state index contributed by atoms with van der Waals surface area (Å²) in [5.74, 6) is 1.89. The van der Waals surface area contributed by atoms with Crippen LogP contribution in [0.25, 0.3) is 0 Å². The molecule has 2 atom stereocenters. The van der Waals surface area contributed by atoms with E-state index in [-0.39, 0.29) is 18.2 Å². The molecule has 0 aromatic heterocycles. The van der Waals surface area contributed by atoms with Crippen LogP contribution in [0.2, 0.25) is 0 Å². The highest BCUT2D eigenvalue weighted by molar-refractivity contribution is 5.71. The molecule has 4 aliphatic rings. The summed E-state index contributed by atoms with van der Waals surface area (Å²) in [6.45, 7) is 3.73. The van der Waals surface area contributed by atoms with Crippen molar-refractivity contribution in [2.24, 2.45) is 5.92 Å². The third kappa shape index (κ3) is 3.74. The smallest absolute Gasteiger partial charge is 0.410 e. The maximum atomic E-state index is 13.4. The van der Waals surface area contributed by atoms with Gasteiger partial charge in [-0.2, -0.15) is 0 Å². The van der Waals surface area contributed by atoms with E-state index in [0.717, 1.165) is 55.8 Å². The van der Waals surface area contributed by atoms with Crippen molar-refractivity contribution in [2.75, 3.05) is 40.4 Å². The van der Waals surface area contributed by atoms with Gasteiger partial charge in [-0.25, -0.2) is 4.79 Å². The van der Waals surface area contributed by atoms with Gasteiger partial charge in [-0.05, 0) is 67.1 Å². The number of rotatable bonds is 4. The van der Waals surface area contributed by atoms with Gasteiger partial charge >= 0.3 is 6.09 Å². The summed E-state index contributed by atoms with van der Waals surface area (Å²) in [6, 6.07) is 14.0. The molecule has 4 aliphatic heterocycles. The second-order valence-electron chi connectivity index (χ2n) is 8.72. The molecule has 0 radical (unpaired) electrons. The predicted octanol–water partition coefficient (Wildman–Crippen LogP) is 3.88. The summed E-state index contributed by atoms with van der Waals surface area (Å²) in [4.78, 5) is 17.7. The van der Waals surface area contributed by atoms with Crippen LogP contribution in [0.5, 0.6) is 11.5 Å². The fraction of sp³-hybridized carbons (Fsp3) is 0.480. The van der Waals surface area contributed by atoms with Crippen molar-refractivity contribution in [1.29, 1.82) is 0 Å². The fourth-order valence-electron chi connectivity index (χ4n) is 5.38. The first-order chi connectivity index (χ1) is 15.2. The molecule has 0 unspecified atom stereocenters. The van der Waals surface area contributed by atoms with Crippen LogP contribution in [0.1, 0.15) is 35.6 Å². The highest BCUT2D eigenvalue weighted by Crippen LogP contribution is 2.41. The normalized spacial score (nSPS) is 26.8. The van der Waals surface area contributed by atoms with Gasteiger partial charge in [0.05, 0.1) is 20.3 Å². The maximum Gasteiger partial charge on any atom is 0.410 e. The Labute approximate surface area is 183 Å². The second kappa shape index (κ2) is 8.42. The zero-order valence-corrected chi connectivity index (χ0v) is 18.3. The van der Waals surface area contributed by atoms with Crippen molar-refractivity contribution >= 4 is 6.09 Å². The number of benzene rings is 2. The first-order valence-corrected chi connectivity index (χ1v) is 11.2. The van der Waals surface area contributed by atoms with Crippen LogP contribution in [0, 0.1) is 5.92 Å². The summed E-state index contributed by atoms with van der Waals surface area (Å²) in [6.07, 6.45) is 2.79. The molecule has 0 spiro atoms. The molecule has 4 heterocycles. The molecule has 0 aliphatic carbocycles. The molecule has 2 bridgehead atoms. The van der Waals surface area contributed by atoms with Crippen LogP contribution in [0.3, 0.4) is 0 Å². The summed E-state index contributed by atoms with van der Waals surface area (Å²) in [5, 5.41) is 0. The average Bonchev–Trinajstić information content (AvgIpc) is 2.83. The van der Waals surface area contributed by atoms with E-state index in [4.69, 9.17) is 14.2 Å². The quantitative estimate of drug-likeness (QED) is 0.748. The summed E-state index contributed by atoms with van der Waals surface area (Å²) in [7, 11) is 3.30. The van der Waals surface area contributed by atoms with E-state index in [9.17, 15) is 4.79 Å². The molecule has 6 nitrogen and oxygen atoms in total.